The highest BCUT2D eigenvalue weighted by Gasteiger charge is 2.09. The van der Waals surface area contributed by atoms with Crippen LogP contribution >= 0.6 is 0 Å². The van der Waals surface area contributed by atoms with Crippen molar-refractivity contribution >= 4 is 5.97 Å². The molecule has 1 saturated carbocycles. The van der Waals surface area contributed by atoms with Gasteiger partial charge in [-0.15, -0.1) is 0 Å². The summed E-state index contributed by atoms with van der Waals surface area (Å²) in [5, 5.41) is 0. The normalized spacial score (nSPS) is 17.8. The van der Waals surface area contributed by atoms with Gasteiger partial charge in [-0.2, -0.15) is 0 Å². The molecule has 1 aliphatic rings. The molecule has 0 unspecified atom stereocenters. The molecule has 0 radical (unpaired) electrons. The zero-order valence-electron chi connectivity index (χ0n) is 7.43. The first-order valence-corrected chi connectivity index (χ1v) is 4.47. The first-order chi connectivity index (χ1) is 5.79. The Morgan fingerprint density at radius 3 is 2.58 bits per heavy atom. The fourth-order valence-corrected chi connectivity index (χ4v) is 1.43. The number of hydrogen-bond acceptors (Lipinski definition) is 2. The average molecular weight is 166 g/mol. The van der Waals surface area contributed by atoms with Gasteiger partial charge in [0.05, 0.1) is 0 Å². The van der Waals surface area contributed by atoms with Crippen LogP contribution in [-0.4, -0.2) is 5.97 Å². The fourth-order valence-electron chi connectivity index (χ4n) is 1.43. The zero-order valence-corrected chi connectivity index (χ0v) is 7.43. The van der Waals surface area contributed by atoms with Gasteiger partial charge >= 0.3 is 5.97 Å². The van der Waals surface area contributed by atoms with E-state index in [1.54, 1.807) is 0 Å². The van der Waals surface area contributed by atoms with Crippen molar-refractivity contribution in [2.24, 2.45) is 5.92 Å². The Labute approximate surface area is 73.3 Å². The van der Waals surface area contributed by atoms with Gasteiger partial charge in [0.1, 0.15) is 6.11 Å². The lowest BCUT2D eigenvalue weighted by Gasteiger charge is -2.14. The summed E-state index contributed by atoms with van der Waals surface area (Å²) in [5.74, 6) is 3.10. The highest BCUT2D eigenvalue weighted by Crippen LogP contribution is 2.22. The lowest BCUT2D eigenvalue weighted by Crippen LogP contribution is -2.03. The summed E-state index contributed by atoms with van der Waals surface area (Å²) in [5.41, 5.74) is 0. The molecule has 0 heterocycles. The summed E-state index contributed by atoms with van der Waals surface area (Å²) in [6, 6.07) is 0. The van der Waals surface area contributed by atoms with Crippen molar-refractivity contribution in [2.75, 3.05) is 0 Å². The molecule has 0 aromatic heterocycles. The summed E-state index contributed by atoms with van der Waals surface area (Å²) < 4.78 is 4.54. The number of rotatable bonds is 0. The number of hydrogen-bond donors (Lipinski definition) is 0. The van der Waals surface area contributed by atoms with Crippen molar-refractivity contribution in [2.45, 2.75) is 39.0 Å². The maximum atomic E-state index is 10.4. The molecule has 1 fully saturated rings. The smallest absolute Gasteiger partial charge is 0.316 e. The molecular formula is C10H14O2. The minimum Gasteiger partial charge on any atom is -0.372 e. The molecule has 0 amide bonds. The third kappa shape index (κ3) is 3.43. The summed E-state index contributed by atoms with van der Waals surface area (Å²) in [7, 11) is 0. The van der Waals surface area contributed by atoms with Gasteiger partial charge in [0.15, 0.2) is 0 Å². The van der Waals surface area contributed by atoms with E-state index in [1.165, 1.54) is 26.2 Å². The predicted octanol–water partition coefficient (Wildman–Crippen LogP) is 2.09. The van der Waals surface area contributed by atoms with Gasteiger partial charge in [-0.25, -0.2) is 0 Å². The molecule has 0 atom stereocenters. The van der Waals surface area contributed by atoms with E-state index in [1.807, 2.05) is 0 Å². The Bertz CT molecular complexity index is 204. The van der Waals surface area contributed by atoms with Gasteiger partial charge in [0.2, 0.25) is 0 Å². The molecule has 0 bridgehead atoms. The Kier molecular flexibility index (Phi) is 3.66. The van der Waals surface area contributed by atoms with E-state index in [-0.39, 0.29) is 5.97 Å². The molecule has 66 valence electrons. The molecule has 1 aliphatic carbocycles. The third-order valence-corrected chi connectivity index (χ3v) is 2.06. The molecular weight excluding hydrogens is 152 g/mol. The lowest BCUT2D eigenvalue weighted by atomic mass is 9.90. The highest BCUT2D eigenvalue weighted by molar-refractivity contribution is 5.67. The summed E-state index contributed by atoms with van der Waals surface area (Å²) in [6.45, 7) is 1.37. The van der Waals surface area contributed by atoms with Crippen molar-refractivity contribution in [1.82, 2.24) is 0 Å². The van der Waals surface area contributed by atoms with Gasteiger partial charge in [-0.05, 0) is 12.8 Å². The van der Waals surface area contributed by atoms with Crippen molar-refractivity contribution < 1.29 is 9.53 Å². The van der Waals surface area contributed by atoms with Crippen LogP contribution in [0.15, 0.2) is 0 Å². The monoisotopic (exact) mass is 166 g/mol. The van der Waals surface area contributed by atoms with Gasteiger partial charge < -0.3 is 4.74 Å². The molecule has 2 nitrogen and oxygen atoms in total. The van der Waals surface area contributed by atoms with Crippen LogP contribution in [0.2, 0.25) is 0 Å². The van der Waals surface area contributed by atoms with E-state index in [2.05, 4.69) is 16.8 Å². The molecule has 1 rings (SSSR count). The van der Waals surface area contributed by atoms with Crippen molar-refractivity contribution in [1.29, 1.82) is 0 Å². The topological polar surface area (TPSA) is 26.3 Å². The first kappa shape index (κ1) is 9.12. The van der Waals surface area contributed by atoms with Gasteiger partial charge in [0, 0.05) is 12.8 Å². The van der Waals surface area contributed by atoms with E-state index < -0.39 is 0 Å². The SMILES string of the molecule is CC(=O)OC#CC1CCCCC1. The van der Waals surface area contributed by atoms with Crippen LogP contribution in [0.3, 0.4) is 0 Å². The van der Waals surface area contributed by atoms with Gasteiger partial charge in [0.25, 0.3) is 0 Å². The van der Waals surface area contributed by atoms with E-state index in [0.717, 1.165) is 12.8 Å². The van der Waals surface area contributed by atoms with Crippen molar-refractivity contribution in [3.8, 4) is 12.0 Å². The predicted molar refractivity (Wildman–Crippen MR) is 46.1 cm³/mol. The molecule has 0 aromatic carbocycles. The van der Waals surface area contributed by atoms with Crippen molar-refractivity contribution in [3.63, 3.8) is 0 Å². The number of esters is 1. The summed E-state index contributed by atoms with van der Waals surface area (Å²) in [4.78, 5) is 10.4. The van der Waals surface area contributed by atoms with Crippen LogP contribution in [0.5, 0.6) is 0 Å². The van der Waals surface area contributed by atoms with E-state index in [9.17, 15) is 4.79 Å². The number of carbonyl (C=O) groups excluding carboxylic acids is 1. The quantitative estimate of drug-likeness (QED) is 0.407. The Morgan fingerprint density at radius 2 is 2.00 bits per heavy atom. The van der Waals surface area contributed by atoms with Gasteiger partial charge in [-0.1, -0.05) is 25.2 Å². The standard InChI is InChI=1S/C10H14O2/c1-9(11)12-8-7-10-5-3-2-4-6-10/h10H,2-6H2,1H3. The van der Waals surface area contributed by atoms with Crippen LogP contribution in [0.4, 0.5) is 0 Å². The first-order valence-electron chi connectivity index (χ1n) is 4.47. The summed E-state index contributed by atoms with van der Waals surface area (Å²) >= 11 is 0. The third-order valence-electron chi connectivity index (χ3n) is 2.06. The maximum Gasteiger partial charge on any atom is 0.316 e. The number of ether oxygens (including phenoxy) is 1. The Balaban J connectivity index is 2.26. The second kappa shape index (κ2) is 4.82. The minimum atomic E-state index is -0.321. The maximum absolute atomic E-state index is 10.4. The fraction of sp³-hybridized carbons (Fsp3) is 0.700. The van der Waals surface area contributed by atoms with E-state index >= 15 is 0 Å². The largest absolute Gasteiger partial charge is 0.372 e. The van der Waals surface area contributed by atoms with Crippen molar-refractivity contribution in [3.05, 3.63) is 0 Å². The molecule has 0 aromatic rings. The highest BCUT2D eigenvalue weighted by atomic mass is 16.5. The minimum absolute atomic E-state index is 0.321. The molecule has 2 heteroatoms. The van der Waals surface area contributed by atoms with Crippen LogP contribution in [0.25, 0.3) is 0 Å². The zero-order chi connectivity index (χ0) is 8.81. The number of carbonyl (C=O) groups is 1. The molecule has 0 N–H and O–H groups in total. The second-order valence-electron chi connectivity index (χ2n) is 3.17. The lowest BCUT2D eigenvalue weighted by molar-refractivity contribution is -0.134. The van der Waals surface area contributed by atoms with E-state index in [4.69, 9.17) is 0 Å². The van der Waals surface area contributed by atoms with Crippen LogP contribution in [-0.2, 0) is 9.53 Å². The Morgan fingerprint density at radius 1 is 1.33 bits per heavy atom. The van der Waals surface area contributed by atoms with Crippen LogP contribution < -0.4 is 0 Å². The molecule has 0 aliphatic heterocycles. The van der Waals surface area contributed by atoms with E-state index in [0.29, 0.717) is 5.92 Å². The van der Waals surface area contributed by atoms with Crippen LogP contribution in [0, 0.1) is 17.9 Å². The molecule has 0 spiro atoms. The van der Waals surface area contributed by atoms with Crippen LogP contribution in [0.1, 0.15) is 39.0 Å². The van der Waals surface area contributed by atoms with Gasteiger partial charge in [-0.3, -0.25) is 4.79 Å². The molecule has 12 heavy (non-hydrogen) atoms. The second-order valence-corrected chi connectivity index (χ2v) is 3.17. The summed E-state index contributed by atoms with van der Waals surface area (Å²) in [6.07, 6.45) is 8.63. The average Bonchev–Trinajstić information content (AvgIpc) is 2.05. The molecule has 0 saturated heterocycles. The Hall–Kier alpha value is -0.970.